The van der Waals surface area contributed by atoms with Gasteiger partial charge in [0.25, 0.3) is 0 Å². The molecule has 3 nitrogen and oxygen atoms in total. The van der Waals surface area contributed by atoms with Crippen LogP contribution >= 0.6 is 0 Å². The molecule has 2 N–H and O–H groups in total. The van der Waals surface area contributed by atoms with Crippen LogP contribution in [0.4, 0.5) is 0 Å². The fourth-order valence-corrected chi connectivity index (χ4v) is 3.36. The molecule has 74 valence electrons. The quantitative estimate of drug-likeness (QED) is 0.616. The molecule has 0 aromatic rings. The van der Waals surface area contributed by atoms with Gasteiger partial charge in [-0.1, -0.05) is 6.92 Å². The Morgan fingerprint density at radius 3 is 2.38 bits per heavy atom. The first-order chi connectivity index (χ1) is 6.36. The summed E-state index contributed by atoms with van der Waals surface area (Å²) in [4.78, 5) is 2.72. The molecule has 0 saturated carbocycles. The van der Waals surface area contributed by atoms with Crippen LogP contribution in [0.5, 0.6) is 0 Å². The fourth-order valence-electron chi connectivity index (χ4n) is 3.36. The molecule has 3 aliphatic heterocycles. The number of hydrogen-bond donors (Lipinski definition) is 2. The molecule has 3 saturated heterocycles. The maximum Gasteiger partial charge on any atom is 0.0617 e. The predicted octanol–water partition coefficient (Wildman–Crippen LogP) is 0.480. The number of nitrogens with one attached hydrogen (secondary N) is 2. The minimum Gasteiger partial charge on any atom is -0.300 e. The summed E-state index contributed by atoms with van der Waals surface area (Å²) in [6.07, 6.45) is 6.70. The Bertz CT molecular complexity index is 200. The molecule has 13 heavy (non-hydrogen) atoms. The number of nitrogens with zero attached hydrogens (tertiary/aromatic N) is 1. The van der Waals surface area contributed by atoms with Crippen LogP contribution in [0.1, 0.15) is 32.6 Å². The molecule has 0 spiro atoms. The summed E-state index contributed by atoms with van der Waals surface area (Å²) in [5, 5.41) is 7.34. The van der Waals surface area contributed by atoms with E-state index in [-0.39, 0.29) is 0 Å². The van der Waals surface area contributed by atoms with Gasteiger partial charge < -0.3 is 0 Å². The molecule has 0 amide bonds. The van der Waals surface area contributed by atoms with Crippen molar-refractivity contribution in [1.82, 2.24) is 15.5 Å². The monoisotopic (exact) mass is 181 g/mol. The van der Waals surface area contributed by atoms with Gasteiger partial charge in [0.05, 0.1) is 12.3 Å². The lowest BCUT2D eigenvalue weighted by atomic mass is 9.96. The molecule has 3 heteroatoms. The molecule has 0 aliphatic carbocycles. The Morgan fingerprint density at radius 2 is 1.85 bits per heavy atom. The van der Waals surface area contributed by atoms with Crippen molar-refractivity contribution in [3.63, 3.8) is 0 Å². The summed E-state index contributed by atoms with van der Waals surface area (Å²) >= 11 is 0. The number of piperidine rings is 1. The maximum atomic E-state index is 3.67. The van der Waals surface area contributed by atoms with Gasteiger partial charge in [-0.3, -0.25) is 15.5 Å². The van der Waals surface area contributed by atoms with E-state index in [4.69, 9.17) is 0 Å². The van der Waals surface area contributed by atoms with Gasteiger partial charge in [-0.2, -0.15) is 0 Å². The zero-order chi connectivity index (χ0) is 8.89. The van der Waals surface area contributed by atoms with Crippen LogP contribution in [-0.2, 0) is 0 Å². The average Bonchev–Trinajstić information content (AvgIpc) is 2.72. The van der Waals surface area contributed by atoms with Crippen LogP contribution in [-0.4, -0.2) is 35.9 Å². The summed E-state index contributed by atoms with van der Waals surface area (Å²) < 4.78 is 0. The lowest BCUT2D eigenvalue weighted by Gasteiger charge is -2.39. The molecule has 0 aromatic carbocycles. The van der Waals surface area contributed by atoms with E-state index >= 15 is 0 Å². The zero-order valence-electron chi connectivity index (χ0n) is 8.34. The van der Waals surface area contributed by atoms with E-state index < -0.39 is 0 Å². The zero-order valence-corrected chi connectivity index (χ0v) is 8.34. The first kappa shape index (κ1) is 8.21. The second-order valence-corrected chi connectivity index (χ2v) is 4.71. The van der Waals surface area contributed by atoms with Gasteiger partial charge >= 0.3 is 0 Å². The Labute approximate surface area is 79.9 Å². The second kappa shape index (κ2) is 2.69. The standard InChI is InChI=1S/C10H19N3/c1-2-10-6-11-8-4-3-5-9(12-7-10)13(8)10/h8-9,11-12H,2-7H2,1H3. The van der Waals surface area contributed by atoms with Crippen LogP contribution in [0.15, 0.2) is 0 Å². The van der Waals surface area contributed by atoms with Crippen molar-refractivity contribution < 1.29 is 0 Å². The first-order valence-electron chi connectivity index (χ1n) is 5.61. The lowest BCUT2D eigenvalue weighted by Crippen LogP contribution is -2.51. The highest BCUT2D eigenvalue weighted by atomic mass is 15.5. The van der Waals surface area contributed by atoms with Gasteiger partial charge in [-0.25, -0.2) is 0 Å². The van der Waals surface area contributed by atoms with Gasteiger partial charge in [0.1, 0.15) is 0 Å². The molecular weight excluding hydrogens is 162 g/mol. The Kier molecular flexibility index (Phi) is 1.70. The number of rotatable bonds is 1. The van der Waals surface area contributed by atoms with E-state index in [1.807, 2.05) is 0 Å². The molecule has 0 bridgehead atoms. The minimum absolute atomic E-state index is 0.454. The third kappa shape index (κ3) is 0.953. The number of hydrogen-bond acceptors (Lipinski definition) is 3. The van der Waals surface area contributed by atoms with E-state index in [0.717, 1.165) is 0 Å². The normalized spacial score (nSPS) is 49.6. The fraction of sp³-hybridized carbons (Fsp3) is 1.00. The van der Waals surface area contributed by atoms with Crippen molar-refractivity contribution in [3.8, 4) is 0 Å². The molecule has 3 heterocycles. The van der Waals surface area contributed by atoms with Gasteiger partial charge in [0.15, 0.2) is 0 Å². The molecule has 2 atom stereocenters. The molecule has 0 aromatic heterocycles. The SMILES string of the molecule is CCC12CNC3CCCC(NC1)N32. The maximum absolute atomic E-state index is 3.67. The highest BCUT2D eigenvalue weighted by Crippen LogP contribution is 2.38. The summed E-state index contributed by atoms with van der Waals surface area (Å²) in [5.41, 5.74) is 0.454. The van der Waals surface area contributed by atoms with Gasteiger partial charge in [-0.15, -0.1) is 0 Å². The molecule has 2 unspecified atom stereocenters. The average molecular weight is 181 g/mol. The molecule has 3 aliphatic rings. The van der Waals surface area contributed by atoms with Crippen molar-refractivity contribution >= 4 is 0 Å². The highest BCUT2D eigenvalue weighted by molar-refractivity contribution is 5.09. The van der Waals surface area contributed by atoms with E-state index in [1.165, 1.54) is 38.8 Å². The predicted molar refractivity (Wildman–Crippen MR) is 52.3 cm³/mol. The van der Waals surface area contributed by atoms with Crippen LogP contribution in [0, 0.1) is 0 Å². The van der Waals surface area contributed by atoms with Crippen LogP contribution in [0.3, 0.4) is 0 Å². The Balaban J connectivity index is 1.93. The molecular formula is C10H19N3. The first-order valence-corrected chi connectivity index (χ1v) is 5.61. The van der Waals surface area contributed by atoms with Gasteiger partial charge in [0.2, 0.25) is 0 Å². The Morgan fingerprint density at radius 1 is 1.23 bits per heavy atom. The van der Waals surface area contributed by atoms with Crippen LogP contribution in [0.25, 0.3) is 0 Å². The van der Waals surface area contributed by atoms with Crippen molar-refractivity contribution in [2.24, 2.45) is 0 Å². The summed E-state index contributed by atoms with van der Waals surface area (Å²) in [6.45, 7) is 4.71. The lowest BCUT2D eigenvalue weighted by molar-refractivity contribution is 0.0659. The summed E-state index contributed by atoms with van der Waals surface area (Å²) in [6, 6.07) is 0. The van der Waals surface area contributed by atoms with Crippen molar-refractivity contribution in [2.75, 3.05) is 13.1 Å². The van der Waals surface area contributed by atoms with Crippen molar-refractivity contribution in [1.29, 1.82) is 0 Å². The Hall–Kier alpha value is -0.120. The van der Waals surface area contributed by atoms with Crippen LogP contribution < -0.4 is 10.6 Å². The van der Waals surface area contributed by atoms with E-state index in [2.05, 4.69) is 22.5 Å². The minimum atomic E-state index is 0.454. The highest BCUT2D eigenvalue weighted by Gasteiger charge is 2.53. The summed E-state index contributed by atoms with van der Waals surface area (Å²) in [7, 11) is 0. The van der Waals surface area contributed by atoms with Gasteiger partial charge in [-0.05, 0) is 25.7 Å². The third-order valence-corrected chi connectivity index (χ3v) is 4.17. The summed E-state index contributed by atoms with van der Waals surface area (Å²) in [5.74, 6) is 0. The van der Waals surface area contributed by atoms with E-state index in [9.17, 15) is 0 Å². The smallest absolute Gasteiger partial charge is 0.0617 e. The molecule has 3 rings (SSSR count). The molecule has 3 fully saturated rings. The second-order valence-electron chi connectivity index (χ2n) is 4.71. The molecule has 0 radical (unpaired) electrons. The van der Waals surface area contributed by atoms with Crippen LogP contribution in [0.2, 0.25) is 0 Å². The topological polar surface area (TPSA) is 27.3 Å². The largest absolute Gasteiger partial charge is 0.300 e. The third-order valence-electron chi connectivity index (χ3n) is 4.17. The van der Waals surface area contributed by atoms with Crippen molar-refractivity contribution in [2.45, 2.75) is 50.5 Å². The van der Waals surface area contributed by atoms with Crippen molar-refractivity contribution in [3.05, 3.63) is 0 Å². The van der Waals surface area contributed by atoms with Gasteiger partial charge in [0, 0.05) is 18.6 Å². The van der Waals surface area contributed by atoms with E-state index in [1.54, 1.807) is 0 Å². The van der Waals surface area contributed by atoms with E-state index in [0.29, 0.717) is 17.9 Å².